The van der Waals surface area contributed by atoms with Crippen molar-refractivity contribution in [3.63, 3.8) is 0 Å². The second-order valence-electron chi connectivity index (χ2n) is 6.89. The molecule has 0 spiro atoms. The zero-order chi connectivity index (χ0) is 21.3. The van der Waals surface area contributed by atoms with E-state index in [1.165, 1.54) is 11.3 Å². The normalized spacial score (nSPS) is 15.2. The van der Waals surface area contributed by atoms with Crippen LogP contribution in [0.25, 0.3) is 0 Å². The number of amides is 3. The third kappa shape index (κ3) is 5.80. The van der Waals surface area contributed by atoms with Crippen molar-refractivity contribution in [1.29, 1.82) is 0 Å². The fourth-order valence-electron chi connectivity index (χ4n) is 3.17. The summed E-state index contributed by atoms with van der Waals surface area (Å²) in [6.07, 6.45) is 0.168. The Hall–Kier alpha value is -2.91. The molecule has 9 heteroatoms. The largest absolute Gasteiger partial charge is 0.445 e. The molecule has 1 fully saturated rings. The summed E-state index contributed by atoms with van der Waals surface area (Å²) in [5.41, 5.74) is 0.907. The van der Waals surface area contributed by atoms with Crippen molar-refractivity contribution in [1.82, 2.24) is 15.1 Å². The Morgan fingerprint density at radius 1 is 1.03 bits per heavy atom. The second kappa shape index (κ2) is 10.7. The van der Waals surface area contributed by atoms with Gasteiger partial charge < -0.3 is 25.0 Å². The van der Waals surface area contributed by atoms with E-state index in [-0.39, 0.29) is 12.5 Å². The van der Waals surface area contributed by atoms with Crippen LogP contribution in [0.4, 0.5) is 4.79 Å². The van der Waals surface area contributed by atoms with Gasteiger partial charge in [-0.2, -0.15) is 0 Å². The fourth-order valence-corrected chi connectivity index (χ4v) is 3.80. The summed E-state index contributed by atoms with van der Waals surface area (Å²) in [6.45, 7) is 1.26. The molecule has 2 aromatic rings. The quantitative estimate of drug-likeness (QED) is 0.726. The maximum Gasteiger partial charge on any atom is 0.410 e. The lowest BCUT2D eigenvalue weighted by Gasteiger charge is -2.26. The Morgan fingerprint density at radius 3 is 2.47 bits per heavy atom. The summed E-state index contributed by atoms with van der Waals surface area (Å²) in [6, 6.07) is 11.8. The number of rotatable bonds is 6. The van der Waals surface area contributed by atoms with Crippen LogP contribution in [0, 0.1) is 0 Å². The lowest BCUT2D eigenvalue weighted by atomic mass is 10.2. The molecule has 0 unspecified atom stereocenters. The van der Waals surface area contributed by atoms with Crippen molar-refractivity contribution >= 4 is 29.2 Å². The molecule has 1 aromatic heterocycles. The van der Waals surface area contributed by atoms with E-state index >= 15 is 0 Å². The van der Waals surface area contributed by atoms with Crippen molar-refractivity contribution in [2.45, 2.75) is 19.1 Å². The molecular weight excluding hydrogens is 406 g/mol. The van der Waals surface area contributed by atoms with Gasteiger partial charge in [0, 0.05) is 26.2 Å². The van der Waals surface area contributed by atoms with Crippen molar-refractivity contribution in [2.75, 3.05) is 32.8 Å². The first-order valence-electron chi connectivity index (χ1n) is 9.78. The molecule has 0 bridgehead atoms. The van der Waals surface area contributed by atoms with Gasteiger partial charge in [-0.25, -0.2) is 4.79 Å². The molecule has 1 atom stereocenters. The van der Waals surface area contributed by atoms with E-state index in [1.54, 1.807) is 27.3 Å². The van der Waals surface area contributed by atoms with Crippen LogP contribution in [-0.4, -0.2) is 71.6 Å². The second-order valence-corrected chi connectivity index (χ2v) is 7.84. The molecule has 3 amide bonds. The molecule has 8 nitrogen and oxygen atoms in total. The third-order valence-electron chi connectivity index (χ3n) is 4.80. The van der Waals surface area contributed by atoms with Crippen molar-refractivity contribution in [3.05, 3.63) is 58.3 Å². The van der Waals surface area contributed by atoms with Crippen LogP contribution in [0.5, 0.6) is 0 Å². The van der Waals surface area contributed by atoms with Gasteiger partial charge in [-0.05, 0) is 23.4 Å². The van der Waals surface area contributed by atoms with Crippen LogP contribution in [-0.2, 0) is 16.1 Å². The number of aliphatic hydroxyl groups excluding tert-OH is 1. The number of nitrogens with one attached hydrogen (secondary N) is 1. The van der Waals surface area contributed by atoms with Crippen molar-refractivity contribution in [2.24, 2.45) is 0 Å². The van der Waals surface area contributed by atoms with Crippen molar-refractivity contribution < 1.29 is 24.2 Å². The topological polar surface area (TPSA) is 99.2 Å². The number of nitrogens with zero attached hydrogens (tertiary/aromatic N) is 2. The Labute approximate surface area is 179 Å². The average Bonchev–Trinajstić information content (AvgIpc) is 3.21. The summed E-state index contributed by atoms with van der Waals surface area (Å²) in [4.78, 5) is 41.0. The van der Waals surface area contributed by atoms with Crippen LogP contribution in [0.2, 0.25) is 0 Å². The SMILES string of the molecule is O=C(N[C@@H](CO)C(=O)N1CCCN(C(=O)OCc2ccccc2)CC1)c1cccs1. The van der Waals surface area contributed by atoms with E-state index in [2.05, 4.69) is 5.32 Å². The van der Waals surface area contributed by atoms with E-state index in [0.29, 0.717) is 37.5 Å². The Bertz CT molecular complexity index is 844. The predicted molar refractivity (Wildman–Crippen MR) is 112 cm³/mol. The molecule has 0 radical (unpaired) electrons. The highest BCUT2D eigenvalue weighted by molar-refractivity contribution is 7.12. The number of carbonyl (C=O) groups excluding carboxylic acids is 3. The van der Waals surface area contributed by atoms with Gasteiger partial charge >= 0.3 is 6.09 Å². The number of aliphatic hydroxyl groups is 1. The smallest absolute Gasteiger partial charge is 0.410 e. The monoisotopic (exact) mass is 431 g/mol. The maximum atomic E-state index is 12.8. The van der Waals surface area contributed by atoms with Crippen LogP contribution in [0.15, 0.2) is 47.8 Å². The molecular formula is C21H25N3O5S. The first-order chi connectivity index (χ1) is 14.6. The molecule has 30 heavy (non-hydrogen) atoms. The van der Waals surface area contributed by atoms with E-state index in [9.17, 15) is 19.5 Å². The Morgan fingerprint density at radius 2 is 1.77 bits per heavy atom. The Balaban J connectivity index is 1.51. The van der Waals surface area contributed by atoms with E-state index < -0.39 is 24.6 Å². The van der Waals surface area contributed by atoms with Gasteiger partial charge in [0.15, 0.2) is 0 Å². The van der Waals surface area contributed by atoms with Gasteiger partial charge in [0.25, 0.3) is 5.91 Å². The summed E-state index contributed by atoms with van der Waals surface area (Å²) in [7, 11) is 0. The highest BCUT2D eigenvalue weighted by Gasteiger charge is 2.29. The molecule has 1 aliphatic heterocycles. The van der Waals surface area contributed by atoms with Gasteiger partial charge in [0.05, 0.1) is 11.5 Å². The molecule has 2 N–H and O–H groups in total. The zero-order valence-electron chi connectivity index (χ0n) is 16.5. The van der Waals surface area contributed by atoms with Crippen LogP contribution < -0.4 is 5.32 Å². The number of hydrogen-bond acceptors (Lipinski definition) is 6. The number of hydrogen-bond donors (Lipinski definition) is 2. The average molecular weight is 432 g/mol. The van der Waals surface area contributed by atoms with Gasteiger partial charge in [-0.1, -0.05) is 36.4 Å². The minimum absolute atomic E-state index is 0.195. The molecule has 0 aliphatic carbocycles. The van der Waals surface area contributed by atoms with Gasteiger partial charge in [0.1, 0.15) is 12.6 Å². The molecule has 2 heterocycles. The first kappa shape index (κ1) is 21.8. The summed E-state index contributed by atoms with van der Waals surface area (Å²) in [5, 5.41) is 14.0. The minimum atomic E-state index is -1.02. The predicted octanol–water partition coefficient (Wildman–Crippen LogP) is 1.71. The zero-order valence-corrected chi connectivity index (χ0v) is 17.3. The van der Waals surface area contributed by atoms with Gasteiger partial charge in [0.2, 0.25) is 5.91 Å². The van der Waals surface area contributed by atoms with Crippen LogP contribution in [0.3, 0.4) is 0 Å². The van der Waals surface area contributed by atoms with Crippen LogP contribution >= 0.6 is 11.3 Å². The Kier molecular flexibility index (Phi) is 7.81. The third-order valence-corrected chi connectivity index (χ3v) is 5.67. The lowest BCUT2D eigenvalue weighted by Crippen LogP contribution is -2.51. The number of thiophene rings is 1. The van der Waals surface area contributed by atoms with Crippen molar-refractivity contribution in [3.8, 4) is 0 Å². The van der Waals surface area contributed by atoms with Crippen LogP contribution in [0.1, 0.15) is 21.7 Å². The first-order valence-corrected chi connectivity index (χ1v) is 10.7. The molecule has 160 valence electrons. The van der Waals surface area contributed by atoms with E-state index in [0.717, 1.165) is 5.56 Å². The number of carbonyl (C=O) groups is 3. The fraction of sp³-hybridized carbons (Fsp3) is 0.381. The van der Waals surface area contributed by atoms with E-state index in [4.69, 9.17) is 4.74 Å². The van der Waals surface area contributed by atoms with Gasteiger partial charge in [-0.15, -0.1) is 11.3 Å². The minimum Gasteiger partial charge on any atom is -0.445 e. The summed E-state index contributed by atoms with van der Waals surface area (Å²) in [5.74, 6) is -0.750. The summed E-state index contributed by atoms with van der Waals surface area (Å²) < 4.78 is 5.37. The standard InChI is InChI=1S/C21H25N3O5S/c25-14-17(22-19(26)18-8-4-13-30-18)20(27)23-9-5-10-24(12-11-23)21(28)29-15-16-6-2-1-3-7-16/h1-4,6-8,13,17,25H,5,9-12,14-15H2,(H,22,26)/t17-/m0/s1. The summed E-state index contributed by atoms with van der Waals surface area (Å²) >= 11 is 1.26. The van der Waals surface area contributed by atoms with Gasteiger partial charge in [-0.3, -0.25) is 9.59 Å². The molecule has 1 saturated heterocycles. The molecule has 3 rings (SSSR count). The number of benzene rings is 1. The molecule has 1 aliphatic rings. The highest BCUT2D eigenvalue weighted by Crippen LogP contribution is 2.11. The number of ether oxygens (including phenoxy) is 1. The van der Waals surface area contributed by atoms with E-state index in [1.807, 2.05) is 30.3 Å². The lowest BCUT2D eigenvalue weighted by molar-refractivity contribution is -0.134. The molecule has 0 saturated carbocycles. The highest BCUT2D eigenvalue weighted by atomic mass is 32.1. The maximum absolute atomic E-state index is 12.8. The molecule has 1 aromatic carbocycles.